The van der Waals surface area contributed by atoms with Gasteiger partial charge in [0.05, 0.1) is 0 Å². The Morgan fingerprint density at radius 1 is 1.27 bits per heavy atom. The molecule has 0 N–H and O–H groups in total. The predicted molar refractivity (Wildman–Crippen MR) is 49.5 cm³/mol. The second-order valence-electron chi connectivity index (χ2n) is 3.27. The van der Waals surface area contributed by atoms with Crippen LogP contribution in [-0.2, 0) is 0 Å². The lowest BCUT2D eigenvalue weighted by molar-refractivity contribution is 0.466. The maximum absolute atomic E-state index is 2.43. The molecule has 0 bridgehead atoms. The molecular weight excluding hydrogens is 134 g/mol. The number of allylic oxidation sites excluding steroid dienone is 1. The highest BCUT2D eigenvalue weighted by molar-refractivity contribution is 4.84. The first-order valence-electron chi connectivity index (χ1n) is 4.84. The molecule has 0 amide bonds. The SMILES string of the molecule is CCCCC=CN1CCCC1. The van der Waals surface area contributed by atoms with E-state index in [2.05, 4.69) is 24.1 Å². The van der Waals surface area contributed by atoms with Crippen LogP contribution in [-0.4, -0.2) is 18.0 Å². The predicted octanol–water partition coefficient (Wildman–Crippen LogP) is 2.79. The van der Waals surface area contributed by atoms with E-state index in [0.717, 1.165) is 0 Å². The molecule has 0 atom stereocenters. The van der Waals surface area contributed by atoms with Crippen LogP contribution in [0.3, 0.4) is 0 Å². The third-order valence-corrected chi connectivity index (χ3v) is 2.18. The van der Waals surface area contributed by atoms with Gasteiger partial charge in [-0.1, -0.05) is 25.8 Å². The van der Waals surface area contributed by atoms with Gasteiger partial charge in [-0.2, -0.15) is 0 Å². The van der Waals surface area contributed by atoms with Crippen molar-refractivity contribution in [1.82, 2.24) is 4.90 Å². The lowest BCUT2D eigenvalue weighted by Gasteiger charge is -2.09. The zero-order chi connectivity index (χ0) is 7.94. The van der Waals surface area contributed by atoms with Crippen LogP contribution in [0.2, 0.25) is 0 Å². The summed E-state index contributed by atoms with van der Waals surface area (Å²) in [4.78, 5) is 2.43. The average Bonchev–Trinajstić information content (AvgIpc) is 2.50. The summed E-state index contributed by atoms with van der Waals surface area (Å²) < 4.78 is 0. The second kappa shape index (κ2) is 5.22. The molecule has 1 nitrogen and oxygen atoms in total. The Labute approximate surface area is 70.1 Å². The lowest BCUT2D eigenvalue weighted by atomic mass is 10.2. The highest BCUT2D eigenvalue weighted by Gasteiger charge is 2.05. The van der Waals surface area contributed by atoms with Crippen molar-refractivity contribution in [2.45, 2.75) is 39.0 Å². The lowest BCUT2D eigenvalue weighted by Crippen LogP contribution is -2.09. The monoisotopic (exact) mass is 153 g/mol. The van der Waals surface area contributed by atoms with Gasteiger partial charge < -0.3 is 4.90 Å². The molecule has 1 heteroatoms. The zero-order valence-electron chi connectivity index (χ0n) is 7.55. The van der Waals surface area contributed by atoms with E-state index in [1.165, 1.54) is 45.2 Å². The van der Waals surface area contributed by atoms with Gasteiger partial charge in [-0.3, -0.25) is 0 Å². The number of rotatable bonds is 4. The van der Waals surface area contributed by atoms with Crippen molar-refractivity contribution in [3.05, 3.63) is 12.3 Å². The van der Waals surface area contributed by atoms with E-state index < -0.39 is 0 Å². The van der Waals surface area contributed by atoms with Crippen LogP contribution in [0.25, 0.3) is 0 Å². The van der Waals surface area contributed by atoms with Crippen LogP contribution >= 0.6 is 0 Å². The summed E-state index contributed by atoms with van der Waals surface area (Å²) >= 11 is 0. The fourth-order valence-corrected chi connectivity index (χ4v) is 1.44. The van der Waals surface area contributed by atoms with Gasteiger partial charge in [0.1, 0.15) is 0 Å². The standard InChI is InChI=1S/C10H19N/c1-2-3-4-5-8-11-9-6-7-10-11/h5,8H,2-4,6-7,9-10H2,1H3. The molecule has 1 saturated heterocycles. The molecule has 0 radical (unpaired) electrons. The van der Waals surface area contributed by atoms with E-state index in [1.807, 2.05) is 0 Å². The van der Waals surface area contributed by atoms with Crippen LogP contribution in [0.15, 0.2) is 12.3 Å². The van der Waals surface area contributed by atoms with Gasteiger partial charge in [0.25, 0.3) is 0 Å². The molecule has 1 aliphatic rings. The molecule has 0 unspecified atom stereocenters. The Kier molecular flexibility index (Phi) is 4.10. The van der Waals surface area contributed by atoms with Crippen LogP contribution in [0.4, 0.5) is 0 Å². The molecule has 0 aromatic rings. The molecule has 1 aliphatic heterocycles. The van der Waals surface area contributed by atoms with E-state index in [0.29, 0.717) is 0 Å². The summed E-state index contributed by atoms with van der Waals surface area (Å²) in [5.41, 5.74) is 0. The summed E-state index contributed by atoms with van der Waals surface area (Å²) in [5.74, 6) is 0. The highest BCUT2D eigenvalue weighted by atomic mass is 15.1. The largest absolute Gasteiger partial charge is 0.378 e. The smallest absolute Gasteiger partial charge is 0.0173 e. The first kappa shape index (κ1) is 8.63. The van der Waals surface area contributed by atoms with Gasteiger partial charge in [-0.05, 0) is 25.5 Å². The molecular formula is C10H19N. The van der Waals surface area contributed by atoms with E-state index >= 15 is 0 Å². The maximum Gasteiger partial charge on any atom is 0.0173 e. The first-order chi connectivity index (χ1) is 5.43. The van der Waals surface area contributed by atoms with Crippen LogP contribution < -0.4 is 0 Å². The minimum absolute atomic E-state index is 1.26. The number of nitrogens with zero attached hydrogens (tertiary/aromatic N) is 1. The van der Waals surface area contributed by atoms with Crippen molar-refractivity contribution in [1.29, 1.82) is 0 Å². The molecule has 0 aromatic carbocycles. The Bertz CT molecular complexity index is 112. The zero-order valence-corrected chi connectivity index (χ0v) is 7.55. The minimum atomic E-state index is 1.26. The summed E-state index contributed by atoms with van der Waals surface area (Å²) in [6, 6.07) is 0. The number of hydrogen-bond donors (Lipinski definition) is 0. The quantitative estimate of drug-likeness (QED) is 0.561. The number of likely N-dealkylation sites (tertiary alicyclic amines) is 1. The third kappa shape index (κ3) is 3.45. The van der Waals surface area contributed by atoms with Crippen molar-refractivity contribution in [2.24, 2.45) is 0 Å². The van der Waals surface area contributed by atoms with Gasteiger partial charge in [0, 0.05) is 13.1 Å². The average molecular weight is 153 g/mol. The molecule has 1 rings (SSSR count). The van der Waals surface area contributed by atoms with E-state index in [-0.39, 0.29) is 0 Å². The molecule has 0 spiro atoms. The summed E-state index contributed by atoms with van der Waals surface area (Å²) in [5, 5.41) is 0. The highest BCUT2D eigenvalue weighted by Crippen LogP contribution is 2.07. The van der Waals surface area contributed by atoms with Crippen molar-refractivity contribution < 1.29 is 0 Å². The van der Waals surface area contributed by atoms with E-state index in [9.17, 15) is 0 Å². The molecule has 0 aliphatic carbocycles. The van der Waals surface area contributed by atoms with Crippen molar-refractivity contribution in [2.75, 3.05) is 13.1 Å². The van der Waals surface area contributed by atoms with Crippen molar-refractivity contribution in [3.8, 4) is 0 Å². The Morgan fingerprint density at radius 3 is 2.64 bits per heavy atom. The summed E-state index contributed by atoms with van der Waals surface area (Å²) in [6.45, 7) is 4.80. The third-order valence-electron chi connectivity index (χ3n) is 2.18. The molecule has 1 heterocycles. The van der Waals surface area contributed by atoms with Gasteiger partial charge in [0.2, 0.25) is 0 Å². The minimum Gasteiger partial charge on any atom is -0.378 e. The molecule has 0 saturated carbocycles. The molecule has 11 heavy (non-hydrogen) atoms. The Balaban J connectivity index is 2.03. The normalized spacial score (nSPS) is 18.5. The van der Waals surface area contributed by atoms with Crippen LogP contribution in [0, 0.1) is 0 Å². The van der Waals surface area contributed by atoms with Crippen molar-refractivity contribution >= 4 is 0 Å². The van der Waals surface area contributed by atoms with Gasteiger partial charge in [-0.15, -0.1) is 0 Å². The maximum atomic E-state index is 2.43. The van der Waals surface area contributed by atoms with Gasteiger partial charge >= 0.3 is 0 Å². The Hall–Kier alpha value is -0.460. The molecule has 0 aromatic heterocycles. The summed E-state index contributed by atoms with van der Waals surface area (Å²) in [7, 11) is 0. The summed E-state index contributed by atoms with van der Waals surface area (Å²) in [6.07, 6.45) is 11.3. The van der Waals surface area contributed by atoms with Crippen molar-refractivity contribution in [3.63, 3.8) is 0 Å². The van der Waals surface area contributed by atoms with Crippen LogP contribution in [0.5, 0.6) is 0 Å². The number of hydrogen-bond acceptors (Lipinski definition) is 1. The van der Waals surface area contributed by atoms with Crippen LogP contribution in [0.1, 0.15) is 39.0 Å². The Morgan fingerprint density at radius 2 is 2.00 bits per heavy atom. The van der Waals surface area contributed by atoms with E-state index in [4.69, 9.17) is 0 Å². The fraction of sp³-hybridized carbons (Fsp3) is 0.800. The molecule has 1 fully saturated rings. The van der Waals surface area contributed by atoms with Gasteiger partial charge in [0.15, 0.2) is 0 Å². The van der Waals surface area contributed by atoms with E-state index in [1.54, 1.807) is 0 Å². The fourth-order valence-electron chi connectivity index (χ4n) is 1.44. The topological polar surface area (TPSA) is 3.24 Å². The number of unbranched alkanes of at least 4 members (excludes halogenated alkanes) is 2. The first-order valence-corrected chi connectivity index (χ1v) is 4.84. The molecule has 64 valence electrons. The second-order valence-corrected chi connectivity index (χ2v) is 3.27. The van der Waals surface area contributed by atoms with Gasteiger partial charge in [-0.25, -0.2) is 0 Å².